The van der Waals surface area contributed by atoms with Crippen molar-refractivity contribution in [2.24, 2.45) is 0 Å². The first kappa shape index (κ1) is 10.9. The first-order valence-electron chi connectivity index (χ1n) is 5.64. The molecule has 0 unspecified atom stereocenters. The van der Waals surface area contributed by atoms with E-state index in [4.69, 9.17) is 9.26 Å². The van der Waals surface area contributed by atoms with E-state index < -0.39 is 5.41 Å². The minimum atomic E-state index is -0.745. The van der Waals surface area contributed by atoms with Gasteiger partial charge in [-0.2, -0.15) is 20.4 Å². The number of nitrogens with zero attached hydrogens (tertiary/aromatic N) is 4. The molecule has 94 valence electrons. The number of H-pyrrole nitrogens is 1. The first-order chi connectivity index (χ1) is 8.76. The van der Waals surface area contributed by atoms with Gasteiger partial charge in [0.1, 0.15) is 5.41 Å². The van der Waals surface area contributed by atoms with Crippen LogP contribution in [0.3, 0.4) is 0 Å². The third-order valence-electron chi connectivity index (χ3n) is 2.90. The Bertz CT molecular complexity index is 558. The summed E-state index contributed by atoms with van der Waals surface area (Å²) in [6.07, 6.45) is 2.83. The van der Waals surface area contributed by atoms with Gasteiger partial charge in [0.2, 0.25) is 11.7 Å². The summed E-state index contributed by atoms with van der Waals surface area (Å²) in [5, 5.41) is 13.8. The summed E-state index contributed by atoms with van der Waals surface area (Å²) >= 11 is 0. The van der Waals surface area contributed by atoms with Crippen molar-refractivity contribution < 1.29 is 14.1 Å². The Hall–Kier alpha value is -2.25. The molecule has 2 aromatic heterocycles. The van der Waals surface area contributed by atoms with E-state index in [1.165, 1.54) is 6.20 Å². The maximum absolute atomic E-state index is 11.8. The Morgan fingerprint density at radius 2 is 2.44 bits per heavy atom. The van der Waals surface area contributed by atoms with Crippen molar-refractivity contribution in [3.63, 3.8) is 0 Å². The van der Waals surface area contributed by atoms with Gasteiger partial charge in [0.15, 0.2) is 5.69 Å². The third kappa shape index (κ3) is 1.57. The number of nitrogens with one attached hydrogen (secondary N) is 1. The van der Waals surface area contributed by atoms with E-state index in [1.807, 2.05) is 0 Å². The number of aromatic amines is 1. The highest BCUT2D eigenvalue weighted by Gasteiger charge is 2.57. The van der Waals surface area contributed by atoms with Crippen LogP contribution in [0.2, 0.25) is 0 Å². The molecule has 0 saturated heterocycles. The molecule has 2 heterocycles. The lowest BCUT2D eigenvalue weighted by Gasteiger charge is -2.07. The van der Waals surface area contributed by atoms with Gasteiger partial charge in [0, 0.05) is 0 Å². The van der Waals surface area contributed by atoms with E-state index in [2.05, 4.69) is 25.6 Å². The van der Waals surface area contributed by atoms with Crippen LogP contribution < -0.4 is 0 Å². The molecular formula is C10H11N5O3. The smallest absolute Gasteiger partial charge is 0.321 e. The Balaban J connectivity index is 1.88. The van der Waals surface area contributed by atoms with Crippen LogP contribution >= 0.6 is 0 Å². The molecule has 1 saturated carbocycles. The fraction of sp³-hybridized carbons (Fsp3) is 0.500. The largest absolute Gasteiger partial charge is 0.465 e. The van der Waals surface area contributed by atoms with Gasteiger partial charge in [-0.15, -0.1) is 0 Å². The minimum absolute atomic E-state index is 0.291. The zero-order valence-electron chi connectivity index (χ0n) is 9.71. The quantitative estimate of drug-likeness (QED) is 0.784. The molecule has 2 aromatic rings. The molecule has 1 aliphatic rings. The van der Waals surface area contributed by atoms with E-state index in [0.717, 1.165) is 0 Å². The molecule has 1 N–H and O–H groups in total. The maximum Gasteiger partial charge on any atom is 0.321 e. The molecule has 0 spiro atoms. The van der Waals surface area contributed by atoms with E-state index >= 15 is 0 Å². The molecule has 1 aliphatic carbocycles. The fourth-order valence-corrected chi connectivity index (χ4v) is 1.73. The standard InChI is InChI=1S/C10H11N5O3/c1-2-17-9(16)10(3-4-10)8-12-7(14-18-8)6-5-11-15-13-6/h5H,2-4H2,1H3,(H,11,13,15). The summed E-state index contributed by atoms with van der Waals surface area (Å²) in [7, 11) is 0. The summed E-state index contributed by atoms with van der Waals surface area (Å²) in [5.74, 6) is 0.300. The predicted molar refractivity (Wildman–Crippen MR) is 57.2 cm³/mol. The van der Waals surface area contributed by atoms with E-state index in [-0.39, 0.29) is 5.97 Å². The molecule has 0 aliphatic heterocycles. The number of hydrogen-bond acceptors (Lipinski definition) is 7. The number of esters is 1. The summed E-state index contributed by atoms with van der Waals surface area (Å²) in [6.45, 7) is 2.10. The van der Waals surface area contributed by atoms with Crippen LogP contribution in [0.5, 0.6) is 0 Å². The second-order valence-corrected chi connectivity index (χ2v) is 4.08. The Labute approximate surface area is 102 Å². The summed E-state index contributed by atoms with van der Waals surface area (Å²) in [4.78, 5) is 16.0. The Kier molecular flexibility index (Phi) is 2.35. The Morgan fingerprint density at radius 1 is 1.61 bits per heavy atom. The van der Waals surface area contributed by atoms with Crippen LogP contribution in [0.1, 0.15) is 25.7 Å². The highest BCUT2D eigenvalue weighted by Crippen LogP contribution is 2.48. The molecule has 0 atom stereocenters. The van der Waals surface area contributed by atoms with Crippen molar-refractivity contribution in [2.45, 2.75) is 25.2 Å². The monoisotopic (exact) mass is 249 g/mol. The number of carbonyl (C=O) groups is 1. The number of ether oxygens (including phenoxy) is 1. The van der Waals surface area contributed by atoms with Crippen LogP contribution in [0.15, 0.2) is 10.7 Å². The first-order valence-corrected chi connectivity index (χ1v) is 5.64. The predicted octanol–water partition coefficient (Wildman–Crippen LogP) is 0.449. The van der Waals surface area contributed by atoms with E-state index in [1.54, 1.807) is 6.92 Å². The maximum atomic E-state index is 11.8. The van der Waals surface area contributed by atoms with Gasteiger partial charge in [0.25, 0.3) is 0 Å². The van der Waals surface area contributed by atoms with Gasteiger partial charge < -0.3 is 9.26 Å². The van der Waals surface area contributed by atoms with Crippen molar-refractivity contribution in [1.29, 1.82) is 0 Å². The lowest BCUT2D eigenvalue weighted by molar-refractivity contribution is -0.146. The van der Waals surface area contributed by atoms with E-state index in [9.17, 15) is 4.79 Å². The van der Waals surface area contributed by atoms with Crippen molar-refractivity contribution in [3.05, 3.63) is 12.1 Å². The molecule has 1 fully saturated rings. The SMILES string of the molecule is CCOC(=O)C1(c2nc(-c3cn[nH]n3)no2)CC1. The lowest BCUT2D eigenvalue weighted by atomic mass is 10.1. The molecule has 0 aromatic carbocycles. The molecule has 0 bridgehead atoms. The van der Waals surface area contributed by atoms with Crippen molar-refractivity contribution in [1.82, 2.24) is 25.6 Å². The van der Waals surface area contributed by atoms with Crippen LogP contribution in [0.25, 0.3) is 11.5 Å². The van der Waals surface area contributed by atoms with Gasteiger partial charge >= 0.3 is 5.97 Å². The molecule has 0 radical (unpaired) electrons. The second-order valence-electron chi connectivity index (χ2n) is 4.08. The topological polar surface area (TPSA) is 107 Å². The molecule has 18 heavy (non-hydrogen) atoms. The van der Waals surface area contributed by atoms with Crippen LogP contribution in [-0.2, 0) is 14.9 Å². The minimum Gasteiger partial charge on any atom is -0.465 e. The summed E-state index contributed by atoms with van der Waals surface area (Å²) < 4.78 is 10.2. The van der Waals surface area contributed by atoms with Gasteiger partial charge in [0.05, 0.1) is 12.8 Å². The second kappa shape index (κ2) is 3.90. The Morgan fingerprint density at radius 3 is 3.06 bits per heavy atom. The van der Waals surface area contributed by atoms with Crippen molar-refractivity contribution in [3.8, 4) is 11.5 Å². The van der Waals surface area contributed by atoms with Crippen LogP contribution in [0.4, 0.5) is 0 Å². The van der Waals surface area contributed by atoms with Crippen LogP contribution in [-0.4, -0.2) is 38.1 Å². The van der Waals surface area contributed by atoms with Gasteiger partial charge in [-0.25, -0.2) is 0 Å². The normalized spacial score (nSPS) is 16.5. The number of rotatable bonds is 4. The lowest BCUT2D eigenvalue weighted by Crippen LogP contribution is -2.23. The summed E-state index contributed by atoms with van der Waals surface area (Å²) in [5.41, 5.74) is -0.269. The van der Waals surface area contributed by atoms with Gasteiger partial charge in [-0.05, 0) is 19.8 Å². The molecule has 8 heteroatoms. The fourth-order valence-electron chi connectivity index (χ4n) is 1.73. The highest BCUT2D eigenvalue weighted by molar-refractivity contribution is 5.85. The van der Waals surface area contributed by atoms with Crippen molar-refractivity contribution >= 4 is 5.97 Å². The highest BCUT2D eigenvalue weighted by atomic mass is 16.5. The molecule has 0 amide bonds. The third-order valence-corrected chi connectivity index (χ3v) is 2.90. The molecular weight excluding hydrogens is 238 g/mol. The van der Waals surface area contributed by atoms with Crippen molar-refractivity contribution in [2.75, 3.05) is 6.61 Å². The van der Waals surface area contributed by atoms with E-state index in [0.29, 0.717) is 36.9 Å². The van der Waals surface area contributed by atoms with Gasteiger partial charge in [-0.1, -0.05) is 5.16 Å². The number of hydrogen-bond donors (Lipinski definition) is 1. The van der Waals surface area contributed by atoms with Crippen LogP contribution in [0, 0.1) is 0 Å². The molecule has 8 nitrogen and oxygen atoms in total. The average Bonchev–Trinajstić information content (AvgIpc) is 2.83. The zero-order valence-corrected chi connectivity index (χ0v) is 9.71. The number of carbonyl (C=O) groups excluding carboxylic acids is 1. The average molecular weight is 249 g/mol. The zero-order chi connectivity index (χ0) is 12.6. The number of aromatic nitrogens is 5. The summed E-state index contributed by atoms with van der Waals surface area (Å²) in [6, 6.07) is 0. The van der Waals surface area contributed by atoms with Gasteiger partial charge in [-0.3, -0.25) is 4.79 Å². The molecule has 3 rings (SSSR count).